The maximum atomic E-state index is 11.4. The summed E-state index contributed by atoms with van der Waals surface area (Å²) in [5.74, 6) is 1.84. The molecule has 0 aromatic carbocycles. The van der Waals surface area contributed by atoms with Gasteiger partial charge >= 0.3 is 0 Å². The Morgan fingerprint density at radius 1 is 1.60 bits per heavy atom. The van der Waals surface area contributed by atoms with Crippen molar-refractivity contribution in [3.63, 3.8) is 0 Å². The first-order chi connectivity index (χ1) is 6.74. The Hall–Kier alpha value is 0.0700. The Morgan fingerprint density at radius 3 is 2.80 bits per heavy atom. The van der Waals surface area contributed by atoms with E-state index in [0.29, 0.717) is 0 Å². The van der Waals surface area contributed by atoms with Crippen LogP contribution in [0.25, 0.3) is 0 Å². The fraction of sp³-hybridized carbons (Fsp3) is 0.900. The Bertz CT molecular complexity index is 188. The van der Waals surface area contributed by atoms with Gasteiger partial charge in [-0.3, -0.25) is 4.79 Å². The molecule has 1 rings (SSSR count). The van der Waals surface area contributed by atoms with Crippen LogP contribution in [-0.2, 0) is 4.79 Å². The van der Waals surface area contributed by atoms with Crippen LogP contribution in [0.4, 0.5) is 0 Å². The molecule has 1 amide bonds. The van der Waals surface area contributed by atoms with Crippen LogP contribution in [0.3, 0.4) is 0 Å². The number of hydrogen-bond donors (Lipinski definition) is 2. The summed E-state index contributed by atoms with van der Waals surface area (Å²) in [5.41, 5.74) is 5.71. The maximum absolute atomic E-state index is 11.4. The van der Waals surface area contributed by atoms with Gasteiger partial charge in [-0.25, -0.2) is 0 Å². The minimum Gasteiger partial charge on any atom is -0.355 e. The molecule has 5 heteroatoms. The lowest BCUT2D eigenvalue weighted by Crippen LogP contribution is -2.41. The van der Waals surface area contributed by atoms with Gasteiger partial charge in [-0.05, 0) is 30.8 Å². The van der Waals surface area contributed by atoms with Crippen molar-refractivity contribution in [3.8, 4) is 0 Å². The van der Waals surface area contributed by atoms with Gasteiger partial charge in [-0.15, -0.1) is 12.4 Å². The molecule has 0 aromatic heterocycles. The zero-order valence-electron chi connectivity index (χ0n) is 9.20. The van der Waals surface area contributed by atoms with E-state index in [0.717, 1.165) is 31.1 Å². The molecule has 90 valence electrons. The van der Waals surface area contributed by atoms with Crippen LogP contribution >= 0.6 is 24.2 Å². The highest BCUT2D eigenvalue weighted by molar-refractivity contribution is 7.98. The van der Waals surface area contributed by atoms with Crippen molar-refractivity contribution in [1.29, 1.82) is 0 Å². The van der Waals surface area contributed by atoms with E-state index in [1.54, 1.807) is 11.8 Å². The quantitative estimate of drug-likeness (QED) is 0.720. The first kappa shape index (κ1) is 15.1. The molecule has 1 saturated carbocycles. The van der Waals surface area contributed by atoms with Gasteiger partial charge in [0.1, 0.15) is 0 Å². The maximum Gasteiger partial charge on any atom is 0.236 e. The SMILES string of the molecule is CSCC[C@H](N)C(=O)NCCC1CC1.Cl. The highest BCUT2D eigenvalue weighted by Gasteiger charge is 2.21. The van der Waals surface area contributed by atoms with E-state index < -0.39 is 0 Å². The number of halogens is 1. The molecule has 1 fully saturated rings. The topological polar surface area (TPSA) is 55.1 Å². The van der Waals surface area contributed by atoms with Crippen molar-refractivity contribution < 1.29 is 4.79 Å². The van der Waals surface area contributed by atoms with Gasteiger partial charge in [0.25, 0.3) is 0 Å². The lowest BCUT2D eigenvalue weighted by molar-refractivity contribution is -0.122. The molecule has 1 aliphatic rings. The van der Waals surface area contributed by atoms with Crippen LogP contribution in [0.15, 0.2) is 0 Å². The average Bonchev–Trinajstić information content (AvgIpc) is 2.97. The standard InChI is InChI=1S/C10H20N2OS.ClH/c1-14-7-5-9(11)10(13)12-6-4-8-2-3-8;/h8-9H,2-7,11H2,1H3,(H,12,13);1H/t9-;/m0./s1. The number of carbonyl (C=O) groups is 1. The fourth-order valence-electron chi connectivity index (χ4n) is 1.31. The van der Waals surface area contributed by atoms with Gasteiger partial charge in [0, 0.05) is 6.54 Å². The molecule has 0 heterocycles. The van der Waals surface area contributed by atoms with Gasteiger partial charge in [-0.2, -0.15) is 11.8 Å². The minimum absolute atomic E-state index is 0. The third-order valence-electron chi connectivity index (χ3n) is 2.52. The predicted molar refractivity (Wildman–Crippen MR) is 68.6 cm³/mol. The molecular formula is C10H21ClN2OS. The summed E-state index contributed by atoms with van der Waals surface area (Å²) < 4.78 is 0. The summed E-state index contributed by atoms with van der Waals surface area (Å²) in [6.07, 6.45) is 6.61. The van der Waals surface area contributed by atoms with Gasteiger partial charge < -0.3 is 11.1 Å². The van der Waals surface area contributed by atoms with E-state index >= 15 is 0 Å². The van der Waals surface area contributed by atoms with Crippen molar-refractivity contribution in [2.24, 2.45) is 11.7 Å². The molecule has 3 nitrogen and oxygen atoms in total. The smallest absolute Gasteiger partial charge is 0.236 e. The van der Waals surface area contributed by atoms with E-state index in [9.17, 15) is 4.79 Å². The molecule has 3 N–H and O–H groups in total. The van der Waals surface area contributed by atoms with E-state index in [1.807, 2.05) is 6.26 Å². The number of amides is 1. The Balaban J connectivity index is 0.00000196. The monoisotopic (exact) mass is 252 g/mol. The number of carbonyl (C=O) groups excluding carboxylic acids is 1. The first-order valence-corrected chi connectivity index (χ1v) is 6.65. The Labute approximate surface area is 102 Å². The summed E-state index contributed by atoms with van der Waals surface area (Å²) in [6, 6.07) is -0.318. The van der Waals surface area contributed by atoms with Crippen LogP contribution in [-0.4, -0.2) is 30.5 Å². The largest absolute Gasteiger partial charge is 0.355 e. The molecule has 0 spiro atoms. The van der Waals surface area contributed by atoms with Gasteiger partial charge in [0.15, 0.2) is 0 Å². The van der Waals surface area contributed by atoms with Crippen molar-refractivity contribution in [3.05, 3.63) is 0 Å². The number of rotatable bonds is 7. The molecule has 0 unspecified atom stereocenters. The summed E-state index contributed by atoms with van der Waals surface area (Å²) in [5, 5.41) is 2.89. The number of hydrogen-bond acceptors (Lipinski definition) is 3. The number of nitrogens with one attached hydrogen (secondary N) is 1. The zero-order chi connectivity index (χ0) is 10.4. The molecule has 0 aromatic rings. The summed E-state index contributed by atoms with van der Waals surface area (Å²) in [4.78, 5) is 11.4. The first-order valence-electron chi connectivity index (χ1n) is 5.26. The second kappa shape index (κ2) is 8.25. The molecule has 0 saturated heterocycles. The molecule has 0 aliphatic heterocycles. The van der Waals surface area contributed by atoms with Crippen LogP contribution in [0.1, 0.15) is 25.7 Å². The van der Waals surface area contributed by atoms with Crippen LogP contribution in [0.5, 0.6) is 0 Å². The highest BCUT2D eigenvalue weighted by Crippen LogP contribution is 2.31. The molecular weight excluding hydrogens is 232 g/mol. The average molecular weight is 253 g/mol. The molecule has 1 aliphatic carbocycles. The Kier molecular flexibility index (Phi) is 8.29. The summed E-state index contributed by atoms with van der Waals surface area (Å²) in [6.45, 7) is 0.802. The fourth-order valence-corrected chi connectivity index (χ4v) is 1.80. The van der Waals surface area contributed by atoms with E-state index in [2.05, 4.69) is 5.32 Å². The second-order valence-corrected chi connectivity index (χ2v) is 4.90. The zero-order valence-corrected chi connectivity index (χ0v) is 10.8. The molecule has 0 bridgehead atoms. The number of nitrogens with two attached hydrogens (primary N) is 1. The molecule has 0 radical (unpaired) electrons. The predicted octanol–water partition coefficient (Wildman–Crippen LogP) is 1.40. The van der Waals surface area contributed by atoms with E-state index in [-0.39, 0.29) is 24.4 Å². The van der Waals surface area contributed by atoms with Crippen LogP contribution < -0.4 is 11.1 Å². The Morgan fingerprint density at radius 2 is 2.27 bits per heavy atom. The van der Waals surface area contributed by atoms with Gasteiger partial charge in [0.05, 0.1) is 6.04 Å². The highest BCUT2D eigenvalue weighted by atomic mass is 35.5. The van der Waals surface area contributed by atoms with Crippen molar-refractivity contribution >= 4 is 30.1 Å². The molecule has 15 heavy (non-hydrogen) atoms. The lowest BCUT2D eigenvalue weighted by Gasteiger charge is -2.11. The van der Waals surface area contributed by atoms with E-state index in [4.69, 9.17) is 5.73 Å². The van der Waals surface area contributed by atoms with Crippen molar-refractivity contribution in [1.82, 2.24) is 5.32 Å². The molecule has 1 atom stereocenters. The minimum atomic E-state index is -0.318. The van der Waals surface area contributed by atoms with Crippen LogP contribution in [0.2, 0.25) is 0 Å². The lowest BCUT2D eigenvalue weighted by atomic mass is 10.2. The van der Waals surface area contributed by atoms with Gasteiger partial charge in [0.2, 0.25) is 5.91 Å². The second-order valence-electron chi connectivity index (χ2n) is 3.91. The van der Waals surface area contributed by atoms with E-state index in [1.165, 1.54) is 12.8 Å². The summed E-state index contributed by atoms with van der Waals surface area (Å²) in [7, 11) is 0. The summed E-state index contributed by atoms with van der Waals surface area (Å²) >= 11 is 1.73. The van der Waals surface area contributed by atoms with Gasteiger partial charge in [-0.1, -0.05) is 12.8 Å². The van der Waals surface area contributed by atoms with Crippen LogP contribution in [0, 0.1) is 5.92 Å². The van der Waals surface area contributed by atoms with Crippen molar-refractivity contribution in [2.75, 3.05) is 18.6 Å². The number of thioether (sulfide) groups is 1. The van der Waals surface area contributed by atoms with Crippen molar-refractivity contribution in [2.45, 2.75) is 31.7 Å². The third-order valence-corrected chi connectivity index (χ3v) is 3.16. The third kappa shape index (κ3) is 7.03. The normalized spacial score (nSPS) is 16.7.